The van der Waals surface area contributed by atoms with E-state index in [2.05, 4.69) is 0 Å². The smallest absolute Gasteiger partial charge is 0.138 e. The molecule has 0 aromatic carbocycles. The van der Waals surface area contributed by atoms with Gasteiger partial charge in [0.05, 0.1) is 5.60 Å². The minimum absolute atomic E-state index is 0.0925. The second-order valence-electron chi connectivity index (χ2n) is 5.74. The molecule has 0 unspecified atom stereocenters. The van der Waals surface area contributed by atoms with Crippen LogP contribution in [0.5, 0.6) is 0 Å². The van der Waals surface area contributed by atoms with Crippen LogP contribution in [-0.2, 0) is 9.53 Å². The highest BCUT2D eigenvalue weighted by Gasteiger charge is 2.20. The SMILES string of the molecule is CC(C)(C)OCCCC(=O)C(C)(C)C. The summed E-state index contributed by atoms with van der Waals surface area (Å²) in [4.78, 5) is 11.5. The molecule has 0 aromatic rings. The standard InChI is InChI=1S/C12H24O2/c1-11(2,3)10(13)8-7-9-14-12(4,5)6/h7-9H2,1-6H3. The van der Waals surface area contributed by atoms with E-state index in [0.717, 1.165) is 6.42 Å². The molecule has 0 saturated heterocycles. The Bertz CT molecular complexity index is 181. The van der Waals surface area contributed by atoms with Gasteiger partial charge >= 0.3 is 0 Å². The van der Waals surface area contributed by atoms with Crippen molar-refractivity contribution in [3.8, 4) is 0 Å². The van der Waals surface area contributed by atoms with Crippen LogP contribution in [0.3, 0.4) is 0 Å². The summed E-state index contributed by atoms with van der Waals surface area (Å²) >= 11 is 0. The third-order valence-electron chi connectivity index (χ3n) is 1.92. The highest BCUT2D eigenvalue weighted by molar-refractivity contribution is 5.83. The Hall–Kier alpha value is -0.370. The van der Waals surface area contributed by atoms with Crippen molar-refractivity contribution in [3.63, 3.8) is 0 Å². The molecule has 84 valence electrons. The lowest BCUT2D eigenvalue weighted by molar-refractivity contribution is -0.126. The molecule has 0 fully saturated rings. The summed E-state index contributed by atoms with van der Waals surface area (Å²) in [6.45, 7) is 12.6. The Morgan fingerprint density at radius 2 is 1.57 bits per heavy atom. The maximum Gasteiger partial charge on any atom is 0.138 e. The van der Waals surface area contributed by atoms with Gasteiger partial charge < -0.3 is 4.74 Å². The number of carbonyl (C=O) groups is 1. The van der Waals surface area contributed by atoms with Crippen LogP contribution < -0.4 is 0 Å². The maximum atomic E-state index is 11.5. The van der Waals surface area contributed by atoms with Gasteiger partial charge in [0, 0.05) is 18.4 Å². The Balaban J connectivity index is 3.62. The van der Waals surface area contributed by atoms with E-state index in [-0.39, 0.29) is 11.0 Å². The molecule has 0 amide bonds. The predicted octanol–water partition coefficient (Wildman–Crippen LogP) is 3.20. The van der Waals surface area contributed by atoms with Crippen LogP contribution in [0.25, 0.3) is 0 Å². The van der Waals surface area contributed by atoms with E-state index in [1.54, 1.807) is 0 Å². The third kappa shape index (κ3) is 7.07. The molecule has 2 nitrogen and oxygen atoms in total. The van der Waals surface area contributed by atoms with Gasteiger partial charge in [-0.1, -0.05) is 20.8 Å². The van der Waals surface area contributed by atoms with Crippen molar-refractivity contribution in [3.05, 3.63) is 0 Å². The lowest BCUT2D eigenvalue weighted by Crippen LogP contribution is -2.22. The summed E-state index contributed by atoms with van der Waals surface area (Å²) in [5, 5.41) is 0. The largest absolute Gasteiger partial charge is 0.376 e. The molecular formula is C12H24O2. The molecule has 2 heteroatoms. The Morgan fingerprint density at radius 3 is 1.93 bits per heavy atom. The lowest BCUT2D eigenvalue weighted by atomic mass is 9.88. The fourth-order valence-corrected chi connectivity index (χ4v) is 0.986. The molecule has 0 atom stereocenters. The summed E-state index contributed by atoms with van der Waals surface area (Å²) in [5.41, 5.74) is -0.299. The Labute approximate surface area is 88.0 Å². The molecular weight excluding hydrogens is 176 g/mol. The van der Waals surface area contributed by atoms with E-state index < -0.39 is 0 Å². The minimum atomic E-state index is -0.207. The minimum Gasteiger partial charge on any atom is -0.376 e. The Morgan fingerprint density at radius 1 is 1.07 bits per heavy atom. The quantitative estimate of drug-likeness (QED) is 0.651. The van der Waals surface area contributed by atoms with E-state index >= 15 is 0 Å². The van der Waals surface area contributed by atoms with Crippen molar-refractivity contribution < 1.29 is 9.53 Å². The van der Waals surface area contributed by atoms with Crippen LogP contribution in [0.1, 0.15) is 54.4 Å². The summed E-state index contributed by atoms with van der Waals surface area (Å²) < 4.78 is 5.54. The molecule has 0 rings (SSSR count). The van der Waals surface area contributed by atoms with Gasteiger partial charge in [0.25, 0.3) is 0 Å². The highest BCUT2D eigenvalue weighted by Crippen LogP contribution is 2.18. The van der Waals surface area contributed by atoms with Crippen molar-refractivity contribution in [1.29, 1.82) is 0 Å². The molecule has 0 spiro atoms. The van der Waals surface area contributed by atoms with Crippen LogP contribution in [-0.4, -0.2) is 18.0 Å². The zero-order valence-corrected chi connectivity index (χ0v) is 10.4. The van der Waals surface area contributed by atoms with Crippen LogP contribution in [0.2, 0.25) is 0 Å². The fraction of sp³-hybridized carbons (Fsp3) is 0.917. The number of ether oxygens (including phenoxy) is 1. The van der Waals surface area contributed by atoms with Crippen LogP contribution in [0.15, 0.2) is 0 Å². The summed E-state index contributed by atoms with van der Waals surface area (Å²) in [7, 11) is 0. The van der Waals surface area contributed by atoms with Gasteiger partial charge in [-0.05, 0) is 27.2 Å². The summed E-state index contributed by atoms with van der Waals surface area (Å²) in [6, 6.07) is 0. The molecule has 0 aliphatic heterocycles. The lowest BCUT2D eigenvalue weighted by Gasteiger charge is -2.20. The van der Waals surface area contributed by atoms with Gasteiger partial charge in [-0.3, -0.25) is 4.79 Å². The van der Waals surface area contributed by atoms with E-state index in [9.17, 15) is 4.79 Å². The molecule has 0 bridgehead atoms. The molecule has 0 aromatic heterocycles. The molecule has 0 N–H and O–H groups in total. The number of hydrogen-bond donors (Lipinski definition) is 0. The average Bonchev–Trinajstić information content (AvgIpc) is 1.93. The van der Waals surface area contributed by atoms with E-state index in [4.69, 9.17) is 4.74 Å². The molecule has 14 heavy (non-hydrogen) atoms. The number of hydrogen-bond acceptors (Lipinski definition) is 2. The van der Waals surface area contributed by atoms with Gasteiger partial charge in [0.1, 0.15) is 5.78 Å². The van der Waals surface area contributed by atoms with Crippen molar-refractivity contribution in [2.24, 2.45) is 5.41 Å². The zero-order chi connectivity index (χ0) is 11.4. The zero-order valence-electron chi connectivity index (χ0n) is 10.4. The summed E-state index contributed by atoms with van der Waals surface area (Å²) in [6.07, 6.45) is 1.45. The van der Waals surface area contributed by atoms with Gasteiger partial charge in [-0.25, -0.2) is 0 Å². The van der Waals surface area contributed by atoms with E-state index in [1.165, 1.54) is 0 Å². The van der Waals surface area contributed by atoms with Crippen LogP contribution in [0.4, 0.5) is 0 Å². The van der Waals surface area contributed by atoms with Gasteiger partial charge in [-0.15, -0.1) is 0 Å². The second kappa shape index (κ2) is 4.92. The van der Waals surface area contributed by atoms with Crippen molar-refractivity contribution in [1.82, 2.24) is 0 Å². The second-order valence-corrected chi connectivity index (χ2v) is 5.74. The van der Waals surface area contributed by atoms with Crippen molar-refractivity contribution >= 4 is 5.78 Å². The average molecular weight is 200 g/mol. The van der Waals surface area contributed by atoms with Gasteiger partial charge in [0.15, 0.2) is 0 Å². The summed E-state index contributed by atoms with van der Waals surface area (Å²) in [5.74, 6) is 0.315. The van der Waals surface area contributed by atoms with E-state index in [0.29, 0.717) is 18.8 Å². The first-order valence-corrected chi connectivity index (χ1v) is 5.30. The fourth-order valence-electron chi connectivity index (χ4n) is 0.986. The van der Waals surface area contributed by atoms with Crippen LogP contribution >= 0.6 is 0 Å². The molecule has 0 saturated carbocycles. The maximum absolute atomic E-state index is 11.5. The first kappa shape index (κ1) is 13.6. The number of ketones is 1. The van der Waals surface area contributed by atoms with Crippen molar-refractivity contribution in [2.75, 3.05) is 6.61 Å². The number of carbonyl (C=O) groups excluding carboxylic acids is 1. The van der Waals surface area contributed by atoms with Gasteiger partial charge in [-0.2, -0.15) is 0 Å². The monoisotopic (exact) mass is 200 g/mol. The normalized spacial score (nSPS) is 13.0. The van der Waals surface area contributed by atoms with Crippen LogP contribution in [0, 0.1) is 5.41 Å². The van der Waals surface area contributed by atoms with E-state index in [1.807, 2.05) is 41.5 Å². The molecule has 0 heterocycles. The van der Waals surface area contributed by atoms with Crippen molar-refractivity contribution in [2.45, 2.75) is 60.0 Å². The first-order valence-electron chi connectivity index (χ1n) is 5.30. The molecule has 0 aliphatic carbocycles. The predicted molar refractivity (Wildman–Crippen MR) is 59.4 cm³/mol. The molecule has 0 radical (unpaired) electrons. The highest BCUT2D eigenvalue weighted by atomic mass is 16.5. The topological polar surface area (TPSA) is 26.3 Å². The Kier molecular flexibility index (Phi) is 4.79. The molecule has 0 aliphatic rings. The number of rotatable bonds is 4. The first-order chi connectivity index (χ1) is 6.13. The number of Topliss-reactive ketones (excluding diaryl/α,β-unsaturated/α-hetero) is 1. The third-order valence-corrected chi connectivity index (χ3v) is 1.92. The van der Waals surface area contributed by atoms with Gasteiger partial charge in [0.2, 0.25) is 0 Å².